The molecule has 5 heteroatoms. The predicted molar refractivity (Wildman–Crippen MR) is 53.4 cm³/mol. The predicted octanol–water partition coefficient (Wildman–Crippen LogP) is 3.04. The van der Waals surface area contributed by atoms with Crippen LogP contribution in [0.3, 0.4) is 0 Å². The third-order valence-corrected chi connectivity index (χ3v) is 2.10. The first-order chi connectivity index (χ1) is 7.18. The highest BCUT2D eigenvalue weighted by Gasteiger charge is 2.36. The number of halogens is 4. The first-order valence-corrected chi connectivity index (χ1v) is 4.78. The van der Waals surface area contributed by atoms with Gasteiger partial charge in [0.1, 0.15) is 5.82 Å². The summed E-state index contributed by atoms with van der Waals surface area (Å²) in [5.74, 6) is -0.472. The van der Waals surface area contributed by atoms with Crippen molar-refractivity contribution < 1.29 is 17.6 Å². The maximum Gasteiger partial charge on any atom is 0.390 e. The Morgan fingerprint density at radius 1 is 1.25 bits per heavy atom. The van der Waals surface area contributed by atoms with Crippen molar-refractivity contribution in [1.82, 2.24) is 0 Å². The number of hydrogen-bond acceptors (Lipinski definition) is 1. The van der Waals surface area contributed by atoms with E-state index in [0.29, 0.717) is 5.56 Å². The molecule has 0 amide bonds. The Labute approximate surface area is 91.3 Å². The Morgan fingerprint density at radius 2 is 1.88 bits per heavy atom. The third kappa shape index (κ3) is 4.61. The topological polar surface area (TPSA) is 26.0 Å². The van der Waals surface area contributed by atoms with Crippen LogP contribution in [0.15, 0.2) is 24.3 Å². The van der Waals surface area contributed by atoms with Gasteiger partial charge in [0.15, 0.2) is 0 Å². The zero-order valence-electron chi connectivity index (χ0n) is 8.81. The molecule has 1 aromatic carbocycles. The highest BCUT2D eigenvalue weighted by Crippen LogP contribution is 2.28. The van der Waals surface area contributed by atoms with E-state index in [4.69, 9.17) is 5.73 Å². The highest BCUT2D eigenvalue weighted by atomic mass is 19.4. The van der Waals surface area contributed by atoms with Gasteiger partial charge in [-0.2, -0.15) is 13.2 Å². The molecule has 0 aromatic heterocycles. The van der Waals surface area contributed by atoms with Gasteiger partial charge >= 0.3 is 6.18 Å². The van der Waals surface area contributed by atoms with Gasteiger partial charge in [-0.25, -0.2) is 4.39 Å². The van der Waals surface area contributed by atoms with Crippen LogP contribution >= 0.6 is 0 Å². The number of alkyl halides is 3. The molecule has 1 unspecified atom stereocenters. The SMILES string of the molecule is CC(N)(Cc1cccc(F)c1)CC(F)(F)F. The standard InChI is InChI=1S/C11H13F4N/c1-10(16,7-11(13,14)15)6-8-3-2-4-9(12)5-8/h2-5H,6-7,16H2,1H3. The smallest absolute Gasteiger partial charge is 0.325 e. The van der Waals surface area contributed by atoms with E-state index in [0.717, 1.165) is 0 Å². The lowest BCUT2D eigenvalue weighted by atomic mass is 9.90. The Kier molecular flexibility index (Phi) is 3.57. The summed E-state index contributed by atoms with van der Waals surface area (Å²) in [7, 11) is 0. The van der Waals surface area contributed by atoms with Gasteiger partial charge in [-0.15, -0.1) is 0 Å². The molecular formula is C11H13F4N. The van der Waals surface area contributed by atoms with Gasteiger partial charge in [0, 0.05) is 5.54 Å². The molecule has 16 heavy (non-hydrogen) atoms. The lowest BCUT2D eigenvalue weighted by Gasteiger charge is -2.25. The van der Waals surface area contributed by atoms with E-state index < -0.39 is 24.0 Å². The molecule has 0 saturated carbocycles. The van der Waals surface area contributed by atoms with Crippen molar-refractivity contribution in [3.63, 3.8) is 0 Å². The monoisotopic (exact) mass is 235 g/mol. The van der Waals surface area contributed by atoms with E-state index in [-0.39, 0.29) is 6.42 Å². The summed E-state index contributed by atoms with van der Waals surface area (Å²) >= 11 is 0. The molecule has 0 aliphatic heterocycles. The molecule has 0 heterocycles. The molecule has 0 aliphatic carbocycles. The van der Waals surface area contributed by atoms with Gasteiger partial charge in [-0.3, -0.25) is 0 Å². The van der Waals surface area contributed by atoms with Crippen molar-refractivity contribution in [1.29, 1.82) is 0 Å². The first kappa shape index (κ1) is 13.0. The van der Waals surface area contributed by atoms with Gasteiger partial charge in [0.2, 0.25) is 0 Å². The molecule has 1 atom stereocenters. The summed E-state index contributed by atoms with van der Waals surface area (Å²) < 4.78 is 49.4. The third-order valence-electron chi connectivity index (χ3n) is 2.10. The summed E-state index contributed by atoms with van der Waals surface area (Å²) in [6, 6.07) is 5.45. The molecule has 0 saturated heterocycles. The Bertz CT molecular complexity index is 357. The fourth-order valence-electron chi connectivity index (χ4n) is 1.63. The summed E-state index contributed by atoms with van der Waals surface area (Å²) in [6.45, 7) is 1.31. The molecule has 2 N–H and O–H groups in total. The molecule has 0 fully saturated rings. The van der Waals surface area contributed by atoms with Crippen LogP contribution < -0.4 is 5.73 Å². The van der Waals surface area contributed by atoms with Gasteiger partial charge in [-0.1, -0.05) is 12.1 Å². The molecule has 1 nitrogen and oxygen atoms in total. The van der Waals surface area contributed by atoms with Crippen LogP contribution in [-0.4, -0.2) is 11.7 Å². The average Bonchev–Trinajstić information content (AvgIpc) is 1.96. The van der Waals surface area contributed by atoms with Crippen LogP contribution in [0.4, 0.5) is 17.6 Å². The Balaban J connectivity index is 2.72. The van der Waals surface area contributed by atoms with E-state index in [2.05, 4.69) is 0 Å². The molecule has 0 bridgehead atoms. The van der Waals surface area contributed by atoms with Gasteiger partial charge in [0.25, 0.3) is 0 Å². The van der Waals surface area contributed by atoms with Crippen molar-refractivity contribution in [2.24, 2.45) is 5.73 Å². The van der Waals surface area contributed by atoms with Crippen LogP contribution in [0.5, 0.6) is 0 Å². The van der Waals surface area contributed by atoms with Crippen LogP contribution in [-0.2, 0) is 6.42 Å². The van der Waals surface area contributed by atoms with Crippen LogP contribution in [0.2, 0.25) is 0 Å². The lowest BCUT2D eigenvalue weighted by molar-refractivity contribution is -0.145. The summed E-state index contributed by atoms with van der Waals surface area (Å²) in [6.07, 6.45) is -5.41. The first-order valence-electron chi connectivity index (χ1n) is 4.78. The maximum absolute atomic E-state index is 12.8. The highest BCUT2D eigenvalue weighted by molar-refractivity contribution is 5.18. The fraction of sp³-hybridized carbons (Fsp3) is 0.455. The molecule has 1 rings (SSSR count). The van der Waals surface area contributed by atoms with Crippen LogP contribution in [0, 0.1) is 5.82 Å². The van der Waals surface area contributed by atoms with E-state index >= 15 is 0 Å². The number of benzene rings is 1. The second kappa shape index (κ2) is 4.41. The maximum atomic E-state index is 12.8. The van der Waals surface area contributed by atoms with E-state index in [1.807, 2.05) is 0 Å². The minimum Gasteiger partial charge on any atom is -0.325 e. The molecule has 0 radical (unpaired) electrons. The summed E-state index contributed by atoms with van der Waals surface area (Å²) in [5.41, 5.74) is 4.60. The Hall–Kier alpha value is -1.10. The minimum atomic E-state index is -4.31. The average molecular weight is 235 g/mol. The van der Waals surface area contributed by atoms with E-state index in [9.17, 15) is 17.6 Å². The largest absolute Gasteiger partial charge is 0.390 e. The normalized spacial score (nSPS) is 15.9. The molecule has 90 valence electrons. The Morgan fingerprint density at radius 3 is 2.38 bits per heavy atom. The second-order valence-electron chi connectivity index (χ2n) is 4.25. The van der Waals surface area contributed by atoms with Crippen LogP contribution in [0.25, 0.3) is 0 Å². The molecule has 0 spiro atoms. The number of nitrogens with two attached hydrogens (primary N) is 1. The minimum absolute atomic E-state index is 0.00965. The van der Waals surface area contributed by atoms with E-state index in [1.165, 1.54) is 25.1 Å². The van der Waals surface area contributed by atoms with Crippen molar-refractivity contribution in [3.05, 3.63) is 35.6 Å². The zero-order valence-corrected chi connectivity index (χ0v) is 8.81. The van der Waals surface area contributed by atoms with Crippen molar-refractivity contribution in [2.75, 3.05) is 0 Å². The number of hydrogen-bond donors (Lipinski definition) is 1. The fourth-order valence-corrected chi connectivity index (χ4v) is 1.63. The lowest BCUT2D eigenvalue weighted by Crippen LogP contribution is -2.42. The summed E-state index contributed by atoms with van der Waals surface area (Å²) in [5, 5.41) is 0. The van der Waals surface area contributed by atoms with Gasteiger partial charge in [-0.05, 0) is 31.0 Å². The van der Waals surface area contributed by atoms with Gasteiger partial charge in [0.05, 0.1) is 6.42 Å². The molecule has 0 aliphatic rings. The van der Waals surface area contributed by atoms with Crippen molar-refractivity contribution in [2.45, 2.75) is 31.5 Å². The van der Waals surface area contributed by atoms with Gasteiger partial charge < -0.3 is 5.73 Å². The van der Waals surface area contributed by atoms with E-state index in [1.54, 1.807) is 6.07 Å². The molecular weight excluding hydrogens is 222 g/mol. The summed E-state index contributed by atoms with van der Waals surface area (Å²) in [4.78, 5) is 0. The zero-order chi connectivity index (χ0) is 12.4. The molecule has 1 aromatic rings. The quantitative estimate of drug-likeness (QED) is 0.800. The van der Waals surface area contributed by atoms with Crippen molar-refractivity contribution in [3.8, 4) is 0 Å². The van der Waals surface area contributed by atoms with Crippen molar-refractivity contribution >= 4 is 0 Å². The second-order valence-corrected chi connectivity index (χ2v) is 4.25. The van der Waals surface area contributed by atoms with Crippen LogP contribution in [0.1, 0.15) is 18.9 Å². The number of rotatable bonds is 3.